The first-order valence-electron chi connectivity index (χ1n) is 6.78. The average molecular weight is 276 g/mol. The molecule has 5 heteroatoms. The van der Waals surface area contributed by atoms with Crippen molar-refractivity contribution >= 4 is 5.97 Å². The van der Waals surface area contributed by atoms with Crippen molar-refractivity contribution in [3.05, 3.63) is 42.2 Å². The number of hydrogen-bond acceptors (Lipinski definition) is 5. The molecule has 1 aromatic carbocycles. The van der Waals surface area contributed by atoms with Crippen molar-refractivity contribution in [2.24, 2.45) is 0 Å². The van der Waals surface area contributed by atoms with Gasteiger partial charge in [-0.05, 0) is 18.6 Å². The molecule has 0 saturated heterocycles. The number of hydrogen-bond donors (Lipinski definition) is 1. The second-order valence-corrected chi connectivity index (χ2v) is 4.80. The molecule has 0 aromatic heterocycles. The molecule has 1 atom stereocenters. The van der Waals surface area contributed by atoms with E-state index in [1.54, 1.807) is 18.2 Å². The zero-order chi connectivity index (χ0) is 14.5. The molecular formula is C15H20N2O3. The van der Waals surface area contributed by atoms with Crippen LogP contribution in [-0.4, -0.2) is 40.8 Å². The number of phenolic OH excluding ortho intramolecular Hbond substituents is 1. The summed E-state index contributed by atoms with van der Waals surface area (Å²) in [5, 5.41) is 9.68. The van der Waals surface area contributed by atoms with Crippen molar-refractivity contribution in [3.8, 4) is 5.75 Å². The molecule has 1 aliphatic rings. The molecule has 1 heterocycles. The highest BCUT2D eigenvalue weighted by molar-refractivity contribution is 5.92. The second kappa shape index (κ2) is 6.32. The number of carbonyl (C=O) groups excluding carboxylic acids is 1. The van der Waals surface area contributed by atoms with Crippen LogP contribution in [0.1, 0.15) is 30.1 Å². The number of ether oxygens (including phenoxy) is 1. The summed E-state index contributed by atoms with van der Waals surface area (Å²) in [6.07, 6.45) is 5.45. The Morgan fingerprint density at radius 2 is 2.10 bits per heavy atom. The van der Waals surface area contributed by atoms with Gasteiger partial charge in [0.15, 0.2) is 0 Å². The molecule has 1 aromatic rings. The summed E-state index contributed by atoms with van der Waals surface area (Å²) < 4.78 is 5.49. The number of unbranched alkanes of at least 4 members (excludes halogenated alkanes) is 1. The van der Waals surface area contributed by atoms with Crippen molar-refractivity contribution in [1.82, 2.24) is 9.80 Å². The minimum atomic E-state index is -0.523. The van der Waals surface area contributed by atoms with Gasteiger partial charge in [0.2, 0.25) is 0 Å². The predicted octanol–water partition coefficient (Wildman–Crippen LogP) is 2.35. The Bertz CT molecular complexity index is 502. The lowest BCUT2D eigenvalue weighted by Crippen LogP contribution is -2.40. The van der Waals surface area contributed by atoms with Crippen molar-refractivity contribution in [1.29, 1.82) is 0 Å². The van der Waals surface area contributed by atoms with Gasteiger partial charge < -0.3 is 19.6 Å². The molecule has 0 aliphatic carbocycles. The van der Waals surface area contributed by atoms with Crippen LogP contribution in [0.25, 0.3) is 0 Å². The molecule has 0 spiro atoms. The second-order valence-electron chi connectivity index (χ2n) is 4.80. The van der Waals surface area contributed by atoms with Gasteiger partial charge in [-0.2, -0.15) is 0 Å². The number of benzene rings is 1. The molecular weight excluding hydrogens is 256 g/mol. The number of nitrogens with zero attached hydrogens (tertiary/aromatic N) is 2. The van der Waals surface area contributed by atoms with Crippen molar-refractivity contribution in [2.75, 3.05) is 13.6 Å². The Labute approximate surface area is 119 Å². The number of aromatic hydroxyl groups is 1. The third-order valence-electron chi connectivity index (χ3n) is 3.23. The quantitative estimate of drug-likeness (QED) is 0.837. The summed E-state index contributed by atoms with van der Waals surface area (Å²) in [6, 6.07) is 6.39. The summed E-state index contributed by atoms with van der Waals surface area (Å²) in [6.45, 7) is 2.95. The van der Waals surface area contributed by atoms with Gasteiger partial charge in [0.05, 0.1) is 0 Å². The van der Waals surface area contributed by atoms with E-state index in [1.807, 2.05) is 29.2 Å². The van der Waals surface area contributed by atoms with Crippen LogP contribution >= 0.6 is 0 Å². The van der Waals surface area contributed by atoms with E-state index in [0.717, 1.165) is 19.4 Å². The smallest absolute Gasteiger partial charge is 0.345 e. The Hall–Kier alpha value is -2.17. The van der Waals surface area contributed by atoms with Crippen molar-refractivity contribution in [3.63, 3.8) is 0 Å². The Kier molecular flexibility index (Phi) is 4.50. The fraction of sp³-hybridized carbons (Fsp3) is 0.400. The van der Waals surface area contributed by atoms with E-state index in [0.29, 0.717) is 0 Å². The Morgan fingerprint density at radius 3 is 2.80 bits per heavy atom. The maximum atomic E-state index is 12.1. The fourth-order valence-corrected chi connectivity index (χ4v) is 2.05. The average Bonchev–Trinajstić information content (AvgIpc) is 2.78. The van der Waals surface area contributed by atoms with Gasteiger partial charge in [-0.15, -0.1) is 0 Å². The molecule has 1 aliphatic heterocycles. The summed E-state index contributed by atoms with van der Waals surface area (Å²) in [5.41, 5.74) is 0.184. The van der Waals surface area contributed by atoms with E-state index in [4.69, 9.17) is 4.74 Å². The fourth-order valence-electron chi connectivity index (χ4n) is 2.05. The van der Waals surface area contributed by atoms with E-state index >= 15 is 0 Å². The van der Waals surface area contributed by atoms with Crippen LogP contribution in [-0.2, 0) is 4.74 Å². The van der Waals surface area contributed by atoms with Gasteiger partial charge in [0, 0.05) is 26.0 Å². The van der Waals surface area contributed by atoms with Gasteiger partial charge in [-0.3, -0.25) is 0 Å². The standard InChI is InChI=1S/C15H20N2O3/c1-3-4-9-17-11-10-16(2)15(17)20-14(19)12-7-5-6-8-13(12)18/h5-8,10-11,15,18H,3-4,9H2,1-2H3. The Morgan fingerprint density at radius 1 is 1.35 bits per heavy atom. The lowest BCUT2D eigenvalue weighted by atomic mass is 10.2. The number of carbonyl (C=O) groups is 1. The number of para-hydroxylation sites is 1. The van der Waals surface area contributed by atoms with E-state index in [2.05, 4.69) is 6.92 Å². The molecule has 0 bridgehead atoms. The zero-order valence-electron chi connectivity index (χ0n) is 11.8. The minimum Gasteiger partial charge on any atom is -0.507 e. The Balaban J connectivity index is 2.04. The van der Waals surface area contributed by atoms with Crippen LogP contribution in [0.5, 0.6) is 5.75 Å². The number of rotatable bonds is 5. The molecule has 108 valence electrons. The van der Waals surface area contributed by atoms with E-state index in [1.165, 1.54) is 6.07 Å². The van der Waals surface area contributed by atoms with Crippen LogP contribution in [0.3, 0.4) is 0 Å². The van der Waals surface area contributed by atoms with Gasteiger partial charge in [0.1, 0.15) is 11.3 Å². The molecule has 1 N–H and O–H groups in total. The van der Waals surface area contributed by atoms with Crippen LogP contribution < -0.4 is 0 Å². The minimum absolute atomic E-state index is 0.0637. The summed E-state index contributed by atoms with van der Waals surface area (Å²) in [7, 11) is 1.85. The SMILES string of the molecule is CCCCN1C=CN(C)C1OC(=O)c1ccccc1O. The van der Waals surface area contributed by atoms with Crippen molar-refractivity contribution in [2.45, 2.75) is 26.1 Å². The van der Waals surface area contributed by atoms with Crippen LogP contribution in [0.4, 0.5) is 0 Å². The highest BCUT2D eigenvalue weighted by atomic mass is 16.6. The maximum absolute atomic E-state index is 12.1. The highest BCUT2D eigenvalue weighted by Crippen LogP contribution is 2.21. The molecule has 20 heavy (non-hydrogen) atoms. The third kappa shape index (κ3) is 3.04. The van der Waals surface area contributed by atoms with Crippen LogP contribution in [0, 0.1) is 0 Å². The van der Waals surface area contributed by atoms with E-state index in [-0.39, 0.29) is 11.3 Å². The zero-order valence-corrected chi connectivity index (χ0v) is 11.8. The largest absolute Gasteiger partial charge is 0.507 e. The first-order chi connectivity index (χ1) is 9.63. The normalized spacial score (nSPS) is 17.6. The molecule has 5 nitrogen and oxygen atoms in total. The van der Waals surface area contributed by atoms with Gasteiger partial charge in [0.25, 0.3) is 6.35 Å². The highest BCUT2D eigenvalue weighted by Gasteiger charge is 2.28. The first kappa shape index (κ1) is 14.2. The van der Waals surface area contributed by atoms with E-state index in [9.17, 15) is 9.90 Å². The summed E-state index contributed by atoms with van der Waals surface area (Å²) in [5.74, 6) is -0.587. The van der Waals surface area contributed by atoms with Crippen LogP contribution in [0.2, 0.25) is 0 Å². The topological polar surface area (TPSA) is 53.0 Å². The summed E-state index contributed by atoms with van der Waals surface area (Å²) >= 11 is 0. The lowest BCUT2D eigenvalue weighted by molar-refractivity contribution is -0.0621. The molecule has 0 fully saturated rings. The molecule has 0 amide bonds. The first-order valence-corrected chi connectivity index (χ1v) is 6.78. The third-order valence-corrected chi connectivity index (χ3v) is 3.23. The molecule has 1 unspecified atom stereocenters. The van der Waals surface area contributed by atoms with Crippen LogP contribution in [0.15, 0.2) is 36.7 Å². The molecule has 0 saturated carbocycles. The van der Waals surface area contributed by atoms with Gasteiger partial charge in [-0.25, -0.2) is 4.79 Å². The molecule has 0 radical (unpaired) electrons. The van der Waals surface area contributed by atoms with Crippen molar-refractivity contribution < 1.29 is 14.6 Å². The number of esters is 1. The number of phenols is 1. The van der Waals surface area contributed by atoms with Gasteiger partial charge >= 0.3 is 5.97 Å². The van der Waals surface area contributed by atoms with E-state index < -0.39 is 12.3 Å². The predicted molar refractivity (Wildman–Crippen MR) is 75.8 cm³/mol. The maximum Gasteiger partial charge on any atom is 0.345 e. The molecule has 2 rings (SSSR count). The summed E-state index contributed by atoms with van der Waals surface area (Å²) in [4.78, 5) is 15.9. The monoisotopic (exact) mass is 276 g/mol. The lowest BCUT2D eigenvalue weighted by Gasteiger charge is -2.29. The van der Waals surface area contributed by atoms with Gasteiger partial charge in [-0.1, -0.05) is 25.5 Å².